The van der Waals surface area contributed by atoms with Gasteiger partial charge in [0.2, 0.25) is 5.91 Å². The number of hydrogen-bond acceptors (Lipinski definition) is 4. The molecule has 1 atom stereocenters. The van der Waals surface area contributed by atoms with E-state index in [9.17, 15) is 14.9 Å². The number of anilines is 1. The second-order valence-corrected chi connectivity index (χ2v) is 5.33. The minimum Gasteiger partial charge on any atom is -0.326 e. The lowest BCUT2D eigenvalue weighted by molar-refractivity contribution is -0.384. The monoisotopic (exact) mass is 297 g/mol. The van der Waals surface area contributed by atoms with Gasteiger partial charge in [-0.3, -0.25) is 14.9 Å². The van der Waals surface area contributed by atoms with Crippen LogP contribution in [0.3, 0.4) is 0 Å². The van der Waals surface area contributed by atoms with E-state index in [1.165, 1.54) is 12.1 Å². The molecular formula is C13H16ClN3O3. The quantitative estimate of drug-likeness (QED) is 0.661. The first-order valence-corrected chi connectivity index (χ1v) is 6.83. The molecule has 0 bridgehead atoms. The molecule has 0 aliphatic carbocycles. The van der Waals surface area contributed by atoms with Crippen LogP contribution in [0.15, 0.2) is 12.1 Å². The zero-order chi connectivity index (χ0) is 14.7. The molecule has 1 amide bonds. The first kappa shape index (κ1) is 14.7. The Morgan fingerprint density at radius 1 is 1.60 bits per heavy atom. The van der Waals surface area contributed by atoms with Crippen LogP contribution >= 0.6 is 11.6 Å². The van der Waals surface area contributed by atoms with Crippen LogP contribution in [0.4, 0.5) is 11.4 Å². The van der Waals surface area contributed by atoms with E-state index in [-0.39, 0.29) is 22.7 Å². The highest BCUT2D eigenvalue weighted by Gasteiger charge is 2.19. The molecule has 0 saturated carbocycles. The first-order valence-electron chi connectivity index (χ1n) is 6.45. The predicted octanol–water partition coefficient (Wildman–Crippen LogP) is 2.64. The number of carbonyl (C=O) groups excluding carboxylic acids is 1. The summed E-state index contributed by atoms with van der Waals surface area (Å²) in [6.45, 7) is 2.65. The maximum absolute atomic E-state index is 11.9. The third-order valence-electron chi connectivity index (χ3n) is 3.36. The Labute approximate surface area is 121 Å². The molecule has 0 spiro atoms. The van der Waals surface area contributed by atoms with Gasteiger partial charge in [-0.25, -0.2) is 0 Å². The van der Waals surface area contributed by atoms with E-state index >= 15 is 0 Å². The van der Waals surface area contributed by atoms with Gasteiger partial charge in [-0.05, 0) is 37.9 Å². The second-order valence-electron chi connectivity index (χ2n) is 4.92. The van der Waals surface area contributed by atoms with Crippen LogP contribution in [0.2, 0.25) is 5.02 Å². The average molecular weight is 298 g/mol. The number of rotatable bonds is 4. The van der Waals surface area contributed by atoms with Crippen LogP contribution in [0.25, 0.3) is 0 Å². The highest BCUT2D eigenvalue weighted by molar-refractivity contribution is 6.33. The standard InChI is InChI=1S/C13H16ClN3O3/c1-8-5-12(17(19)20)10(14)7-11(8)16-13(18)6-9-3-2-4-15-9/h5,7,9,15H,2-4,6H2,1H3,(H,16,18). The third-order valence-corrected chi connectivity index (χ3v) is 3.66. The number of nitro benzene ring substituents is 1. The van der Waals surface area contributed by atoms with Gasteiger partial charge in [0.15, 0.2) is 0 Å². The summed E-state index contributed by atoms with van der Waals surface area (Å²) < 4.78 is 0. The van der Waals surface area contributed by atoms with Crippen LogP contribution in [-0.2, 0) is 4.79 Å². The Hall–Kier alpha value is -1.66. The molecule has 1 fully saturated rings. The van der Waals surface area contributed by atoms with E-state index in [4.69, 9.17) is 11.6 Å². The summed E-state index contributed by atoms with van der Waals surface area (Å²) >= 11 is 5.84. The number of nitro groups is 1. The van der Waals surface area contributed by atoms with Crippen molar-refractivity contribution in [2.24, 2.45) is 0 Å². The normalized spacial score (nSPS) is 18.0. The number of nitrogens with zero attached hydrogens (tertiary/aromatic N) is 1. The Kier molecular flexibility index (Phi) is 4.57. The van der Waals surface area contributed by atoms with E-state index in [0.29, 0.717) is 17.7 Å². The molecule has 108 valence electrons. The smallest absolute Gasteiger partial charge is 0.288 e. The molecule has 20 heavy (non-hydrogen) atoms. The van der Waals surface area contributed by atoms with Crippen LogP contribution < -0.4 is 10.6 Å². The summed E-state index contributed by atoms with van der Waals surface area (Å²) in [4.78, 5) is 22.1. The largest absolute Gasteiger partial charge is 0.326 e. The van der Waals surface area contributed by atoms with Crippen molar-refractivity contribution in [1.82, 2.24) is 5.32 Å². The summed E-state index contributed by atoms with van der Waals surface area (Å²) in [5.74, 6) is -0.114. The molecular weight excluding hydrogens is 282 g/mol. The van der Waals surface area contributed by atoms with Crippen molar-refractivity contribution in [2.75, 3.05) is 11.9 Å². The number of hydrogen-bond donors (Lipinski definition) is 2. The van der Waals surface area contributed by atoms with E-state index in [1.54, 1.807) is 6.92 Å². The molecule has 1 aliphatic heterocycles. The molecule has 1 heterocycles. The van der Waals surface area contributed by atoms with E-state index in [2.05, 4.69) is 10.6 Å². The van der Waals surface area contributed by atoms with Crippen molar-refractivity contribution in [1.29, 1.82) is 0 Å². The van der Waals surface area contributed by atoms with Gasteiger partial charge in [0, 0.05) is 24.2 Å². The lowest BCUT2D eigenvalue weighted by atomic mass is 10.1. The van der Waals surface area contributed by atoms with Crippen molar-refractivity contribution in [2.45, 2.75) is 32.2 Å². The van der Waals surface area contributed by atoms with Crippen molar-refractivity contribution >= 4 is 28.9 Å². The van der Waals surface area contributed by atoms with Crippen molar-refractivity contribution in [3.8, 4) is 0 Å². The number of nitrogens with one attached hydrogen (secondary N) is 2. The Morgan fingerprint density at radius 3 is 2.95 bits per heavy atom. The van der Waals surface area contributed by atoms with E-state index in [0.717, 1.165) is 19.4 Å². The van der Waals surface area contributed by atoms with E-state index < -0.39 is 4.92 Å². The lowest BCUT2D eigenvalue weighted by Gasteiger charge is -2.12. The zero-order valence-corrected chi connectivity index (χ0v) is 11.9. The zero-order valence-electron chi connectivity index (χ0n) is 11.1. The van der Waals surface area contributed by atoms with Crippen molar-refractivity contribution < 1.29 is 9.72 Å². The molecule has 0 radical (unpaired) electrons. The van der Waals surface area contributed by atoms with E-state index in [1.807, 2.05) is 0 Å². The number of benzene rings is 1. The molecule has 1 unspecified atom stereocenters. The Bertz CT molecular complexity index is 542. The van der Waals surface area contributed by atoms with Gasteiger partial charge < -0.3 is 10.6 Å². The molecule has 1 aromatic rings. The summed E-state index contributed by atoms with van der Waals surface area (Å²) in [5, 5.41) is 16.8. The molecule has 1 saturated heterocycles. The fourth-order valence-electron chi connectivity index (χ4n) is 2.30. The van der Waals surface area contributed by atoms with Gasteiger partial charge in [-0.15, -0.1) is 0 Å². The maximum atomic E-state index is 11.9. The number of amides is 1. The summed E-state index contributed by atoms with van der Waals surface area (Å²) in [7, 11) is 0. The highest BCUT2D eigenvalue weighted by Crippen LogP contribution is 2.30. The summed E-state index contributed by atoms with van der Waals surface area (Å²) in [5.41, 5.74) is 0.983. The van der Waals surface area contributed by atoms with Crippen LogP contribution in [0, 0.1) is 17.0 Å². The van der Waals surface area contributed by atoms with Gasteiger partial charge in [-0.1, -0.05) is 11.6 Å². The van der Waals surface area contributed by atoms with Crippen molar-refractivity contribution in [3.05, 3.63) is 32.8 Å². The van der Waals surface area contributed by atoms with Crippen LogP contribution in [-0.4, -0.2) is 23.4 Å². The number of carbonyl (C=O) groups is 1. The van der Waals surface area contributed by atoms with Crippen LogP contribution in [0.5, 0.6) is 0 Å². The minimum atomic E-state index is -0.538. The minimum absolute atomic E-state index is 0.0230. The van der Waals surface area contributed by atoms with Crippen LogP contribution in [0.1, 0.15) is 24.8 Å². The van der Waals surface area contributed by atoms with Crippen molar-refractivity contribution in [3.63, 3.8) is 0 Å². The maximum Gasteiger partial charge on any atom is 0.288 e. The summed E-state index contributed by atoms with van der Waals surface area (Å²) in [6.07, 6.45) is 2.47. The highest BCUT2D eigenvalue weighted by atomic mass is 35.5. The third kappa shape index (κ3) is 3.46. The molecule has 2 rings (SSSR count). The number of halogens is 1. The molecule has 6 nitrogen and oxygen atoms in total. The summed E-state index contributed by atoms with van der Waals surface area (Å²) in [6, 6.07) is 3.00. The SMILES string of the molecule is Cc1cc([N+](=O)[O-])c(Cl)cc1NC(=O)CC1CCCN1. The average Bonchev–Trinajstić information content (AvgIpc) is 2.85. The topological polar surface area (TPSA) is 84.3 Å². The number of aryl methyl sites for hydroxylation is 1. The predicted molar refractivity (Wildman–Crippen MR) is 77.1 cm³/mol. The first-order chi connectivity index (χ1) is 9.47. The molecule has 0 aromatic heterocycles. The molecule has 7 heteroatoms. The second kappa shape index (κ2) is 6.19. The lowest BCUT2D eigenvalue weighted by Crippen LogP contribution is -2.27. The molecule has 1 aliphatic rings. The Morgan fingerprint density at radius 2 is 2.35 bits per heavy atom. The van der Waals surface area contributed by atoms with Gasteiger partial charge in [0.05, 0.1) is 4.92 Å². The van der Waals surface area contributed by atoms with Gasteiger partial charge >= 0.3 is 0 Å². The van der Waals surface area contributed by atoms with Gasteiger partial charge in [0.25, 0.3) is 5.69 Å². The van der Waals surface area contributed by atoms with Gasteiger partial charge in [0.1, 0.15) is 5.02 Å². The Balaban J connectivity index is 2.07. The fourth-order valence-corrected chi connectivity index (χ4v) is 2.53. The molecule has 2 N–H and O–H groups in total. The van der Waals surface area contributed by atoms with Gasteiger partial charge in [-0.2, -0.15) is 0 Å². The fraction of sp³-hybridized carbons (Fsp3) is 0.462. The molecule has 1 aromatic carbocycles.